The predicted octanol–water partition coefficient (Wildman–Crippen LogP) is 1.96. The molecule has 1 aliphatic heterocycles. The zero-order chi connectivity index (χ0) is 13.9. The second-order valence-electron chi connectivity index (χ2n) is 4.57. The molecule has 0 spiro atoms. The number of hydrogen-bond acceptors (Lipinski definition) is 3. The first kappa shape index (κ1) is 14.7. The lowest BCUT2D eigenvalue weighted by Crippen LogP contribution is -2.30. The Hall–Kier alpha value is -0.690. The van der Waals surface area contributed by atoms with E-state index in [1.807, 2.05) is 19.1 Å². The van der Waals surface area contributed by atoms with E-state index in [-0.39, 0.29) is 0 Å². The smallest absolute Gasteiger partial charge is 0.241 e. The monoisotopic (exact) mass is 344 g/mol. The molecule has 2 N–H and O–H groups in total. The van der Waals surface area contributed by atoms with Crippen molar-refractivity contribution in [1.82, 2.24) is 10.0 Å². The number of aryl methyl sites for hydroxylation is 1. The summed E-state index contributed by atoms with van der Waals surface area (Å²) in [6.45, 7) is 3.97. The lowest BCUT2D eigenvalue weighted by Gasteiger charge is -2.15. The summed E-state index contributed by atoms with van der Waals surface area (Å²) in [6, 6.07) is 5.30. The lowest BCUT2D eigenvalue weighted by molar-refractivity contribution is 0.581. The molecule has 0 radical (unpaired) electrons. The van der Waals surface area contributed by atoms with E-state index in [9.17, 15) is 8.42 Å². The molecule has 0 saturated carbocycles. The van der Waals surface area contributed by atoms with Gasteiger partial charge in [-0.05, 0) is 53.5 Å². The van der Waals surface area contributed by atoms with Gasteiger partial charge in [0.05, 0.1) is 4.90 Å². The van der Waals surface area contributed by atoms with Gasteiger partial charge in [0.25, 0.3) is 0 Å². The van der Waals surface area contributed by atoms with Crippen LogP contribution < -0.4 is 10.0 Å². The van der Waals surface area contributed by atoms with Gasteiger partial charge in [-0.25, -0.2) is 13.1 Å². The Labute approximate surface area is 122 Å². The minimum Gasteiger partial charge on any atom is -0.313 e. The van der Waals surface area contributed by atoms with Gasteiger partial charge < -0.3 is 5.32 Å². The quantitative estimate of drug-likeness (QED) is 0.821. The molecule has 0 bridgehead atoms. The summed E-state index contributed by atoms with van der Waals surface area (Å²) >= 11 is 3.29. The predicted molar refractivity (Wildman–Crippen MR) is 79.6 cm³/mol. The molecule has 6 heteroatoms. The Bertz CT molecular complexity index is 597. The third-order valence-corrected chi connectivity index (χ3v) is 5.42. The van der Waals surface area contributed by atoms with Crippen LogP contribution in [0.1, 0.15) is 12.0 Å². The maximum absolute atomic E-state index is 12.3. The highest BCUT2D eigenvalue weighted by Gasteiger charge is 2.18. The second-order valence-corrected chi connectivity index (χ2v) is 7.16. The molecule has 2 rings (SSSR count). The normalized spacial score (nSPS) is 16.2. The highest BCUT2D eigenvalue weighted by Crippen LogP contribution is 2.23. The molecule has 1 aromatic carbocycles. The van der Waals surface area contributed by atoms with E-state index in [1.165, 1.54) is 0 Å². The van der Waals surface area contributed by atoms with Gasteiger partial charge in [-0.2, -0.15) is 0 Å². The Balaban J connectivity index is 2.13. The van der Waals surface area contributed by atoms with Crippen molar-refractivity contribution in [3.63, 3.8) is 0 Å². The largest absolute Gasteiger partial charge is 0.313 e. The van der Waals surface area contributed by atoms with Crippen molar-refractivity contribution in [1.29, 1.82) is 0 Å². The maximum atomic E-state index is 12.3. The summed E-state index contributed by atoms with van der Waals surface area (Å²) in [5, 5.41) is 3.20. The number of benzene rings is 1. The molecule has 1 heterocycles. The molecule has 1 aromatic rings. The molecule has 0 unspecified atom stereocenters. The molecule has 1 aliphatic rings. The third-order valence-electron chi connectivity index (χ3n) is 3.02. The summed E-state index contributed by atoms with van der Waals surface area (Å²) in [5.41, 5.74) is 2.05. The van der Waals surface area contributed by atoms with Crippen molar-refractivity contribution < 1.29 is 8.42 Å². The van der Waals surface area contributed by atoms with Gasteiger partial charge in [-0.1, -0.05) is 17.7 Å². The average Bonchev–Trinajstić information content (AvgIpc) is 2.40. The van der Waals surface area contributed by atoms with E-state index in [0.717, 1.165) is 30.6 Å². The molecule has 104 valence electrons. The van der Waals surface area contributed by atoms with E-state index in [4.69, 9.17) is 0 Å². The van der Waals surface area contributed by atoms with Crippen LogP contribution in [0.2, 0.25) is 0 Å². The van der Waals surface area contributed by atoms with Crippen LogP contribution in [-0.4, -0.2) is 28.1 Å². The van der Waals surface area contributed by atoms with Crippen LogP contribution in [0.25, 0.3) is 0 Å². The fraction of sp³-hybridized carbons (Fsp3) is 0.385. The molecule has 0 aromatic heterocycles. The van der Waals surface area contributed by atoms with E-state index < -0.39 is 10.0 Å². The highest BCUT2D eigenvalue weighted by molar-refractivity contribution is 9.10. The Kier molecular flexibility index (Phi) is 4.78. The van der Waals surface area contributed by atoms with Gasteiger partial charge in [0, 0.05) is 17.6 Å². The van der Waals surface area contributed by atoms with Crippen molar-refractivity contribution >= 4 is 26.0 Å². The molecule has 0 atom stereocenters. The van der Waals surface area contributed by atoms with Crippen LogP contribution in [0.15, 0.2) is 39.2 Å². The minimum absolute atomic E-state index is 0.294. The van der Waals surface area contributed by atoms with Crippen LogP contribution in [0.3, 0.4) is 0 Å². The van der Waals surface area contributed by atoms with E-state index in [2.05, 4.69) is 26.0 Å². The SMILES string of the molecule is Cc1ccc(Br)c(S(=O)(=O)NCC2=CCNCC2)c1. The topological polar surface area (TPSA) is 58.2 Å². The first-order chi connectivity index (χ1) is 8.99. The van der Waals surface area contributed by atoms with E-state index >= 15 is 0 Å². The zero-order valence-electron chi connectivity index (χ0n) is 10.7. The molecular formula is C13H17BrN2O2S. The van der Waals surface area contributed by atoms with Gasteiger partial charge in [-0.3, -0.25) is 0 Å². The minimum atomic E-state index is -3.47. The van der Waals surface area contributed by atoms with Crippen molar-refractivity contribution in [2.24, 2.45) is 0 Å². The highest BCUT2D eigenvalue weighted by atomic mass is 79.9. The fourth-order valence-corrected chi connectivity index (χ4v) is 3.99. The summed E-state index contributed by atoms with van der Waals surface area (Å²) in [6.07, 6.45) is 2.93. The number of halogens is 1. The first-order valence-electron chi connectivity index (χ1n) is 6.13. The first-order valence-corrected chi connectivity index (χ1v) is 8.41. The lowest BCUT2D eigenvalue weighted by atomic mass is 10.1. The van der Waals surface area contributed by atoms with E-state index in [0.29, 0.717) is 15.9 Å². The van der Waals surface area contributed by atoms with Crippen LogP contribution in [-0.2, 0) is 10.0 Å². The van der Waals surface area contributed by atoms with Crippen LogP contribution in [0, 0.1) is 6.92 Å². The van der Waals surface area contributed by atoms with Crippen LogP contribution in [0.5, 0.6) is 0 Å². The summed E-state index contributed by atoms with van der Waals surface area (Å²) in [5.74, 6) is 0. The standard InChI is InChI=1S/C13H17BrN2O2S/c1-10-2-3-12(14)13(8-10)19(17,18)16-9-11-4-6-15-7-5-11/h2-4,8,15-16H,5-7,9H2,1H3. The zero-order valence-corrected chi connectivity index (χ0v) is 13.1. The maximum Gasteiger partial charge on any atom is 0.241 e. The number of nitrogens with one attached hydrogen (secondary N) is 2. The van der Waals surface area contributed by atoms with Crippen molar-refractivity contribution in [3.8, 4) is 0 Å². The van der Waals surface area contributed by atoms with Gasteiger partial charge >= 0.3 is 0 Å². The Morgan fingerprint density at radius 3 is 2.89 bits per heavy atom. The van der Waals surface area contributed by atoms with Gasteiger partial charge in [0.15, 0.2) is 0 Å². The molecule has 0 fully saturated rings. The Morgan fingerprint density at radius 2 is 2.21 bits per heavy atom. The van der Waals surface area contributed by atoms with Crippen molar-refractivity contribution in [3.05, 3.63) is 39.9 Å². The number of sulfonamides is 1. The van der Waals surface area contributed by atoms with Crippen LogP contribution >= 0.6 is 15.9 Å². The molecule has 0 amide bonds. The molecular weight excluding hydrogens is 328 g/mol. The van der Waals surface area contributed by atoms with Gasteiger partial charge in [0.1, 0.15) is 0 Å². The second kappa shape index (κ2) is 6.17. The van der Waals surface area contributed by atoms with Crippen molar-refractivity contribution in [2.45, 2.75) is 18.2 Å². The van der Waals surface area contributed by atoms with E-state index in [1.54, 1.807) is 12.1 Å². The molecule has 19 heavy (non-hydrogen) atoms. The third kappa shape index (κ3) is 3.89. The summed E-state index contributed by atoms with van der Waals surface area (Å²) < 4.78 is 27.8. The molecule has 0 aliphatic carbocycles. The summed E-state index contributed by atoms with van der Waals surface area (Å²) in [7, 11) is -3.47. The van der Waals surface area contributed by atoms with Gasteiger partial charge in [-0.15, -0.1) is 0 Å². The van der Waals surface area contributed by atoms with Gasteiger partial charge in [0.2, 0.25) is 10.0 Å². The fourth-order valence-electron chi connectivity index (χ4n) is 1.91. The number of rotatable bonds is 4. The van der Waals surface area contributed by atoms with Crippen molar-refractivity contribution in [2.75, 3.05) is 19.6 Å². The molecule has 4 nitrogen and oxygen atoms in total. The van der Waals surface area contributed by atoms with Crippen LogP contribution in [0.4, 0.5) is 0 Å². The number of hydrogen-bond donors (Lipinski definition) is 2. The molecule has 0 saturated heterocycles. The average molecular weight is 345 g/mol. The Morgan fingerprint density at radius 1 is 1.42 bits per heavy atom. The summed E-state index contributed by atoms with van der Waals surface area (Å²) in [4.78, 5) is 0.294.